The standard InChI is InChI=1S/C17H32N3O2P/c1-12-8-13(2)17(5-7-19(11-17)16(21)22-3)9-15(12)20-6-4-14(18)10-23-20/h12-15,23H,4-11,18H2,1-3H3. The van der Waals surface area contributed by atoms with E-state index >= 15 is 0 Å². The highest BCUT2D eigenvalue weighted by Crippen LogP contribution is 2.52. The molecule has 0 aromatic carbocycles. The Labute approximate surface area is 142 Å². The Hall–Kier alpha value is -0.380. The highest BCUT2D eigenvalue weighted by atomic mass is 31.1. The minimum Gasteiger partial charge on any atom is -0.453 e. The molecule has 1 spiro atoms. The van der Waals surface area contributed by atoms with Crippen molar-refractivity contribution in [2.24, 2.45) is 23.0 Å². The van der Waals surface area contributed by atoms with Gasteiger partial charge in [-0.3, -0.25) is 4.67 Å². The molecular weight excluding hydrogens is 309 g/mol. The molecule has 1 aliphatic carbocycles. The number of ether oxygens (including phenoxy) is 1. The second kappa shape index (κ2) is 6.85. The average Bonchev–Trinajstić information content (AvgIpc) is 2.97. The number of hydrogen-bond donors (Lipinski definition) is 1. The zero-order valence-corrected chi connectivity index (χ0v) is 15.8. The van der Waals surface area contributed by atoms with Gasteiger partial charge >= 0.3 is 6.09 Å². The predicted octanol–water partition coefficient (Wildman–Crippen LogP) is 2.51. The summed E-state index contributed by atoms with van der Waals surface area (Å²) >= 11 is 0. The summed E-state index contributed by atoms with van der Waals surface area (Å²) in [6, 6.07) is 1.06. The van der Waals surface area contributed by atoms with Crippen LogP contribution in [-0.2, 0) is 4.74 Å². The SMILES string of the molecule is COC(=O)N1CCC2(CC(N3CCC(N)CP3)C(C)CC2C)C1. The van der Waals surface area contributed by atoms with E-state index < -0.39 is 0 Å². The minimum atomic E-state index is -0.157. The van der Waals surface area contributed by atoms with Gasteiger partial charge in [0.2, 0.25) is 0 Å². The molecule has 1 amide bonds. The average molecular weight is 341 g/mol. The van der Waals surface area contributed by atoms with Crippen LogP contribution in [0.2, 0.25) is 0 Å². The van der Waals surface area contributed by atoms with Gasteiger partial charge in [-0.25, -0.2) is 4.79 Å². The maximum atomic E-state index is 11.9. The molecule has 0 bridgehead atoms. The number of hydrogen-bond acceptors (Lipinski definition) is 4. The van der Waals surface area contributed by atoms with E-state index in [-0.39, 0.29) is 11.5 Å². The summed E-state index contributed by atoms with van der Waals surface area (Å²) in [5.41, 5.74) is 6.37. The van der Waals surface area contributed by atoms with Crippen LogP contribution in [0.5, 0.6) is 0 Å². The van der Waals surface area contributed by atoms with Crippen molar-refractivity contribution < 1.29 is 9.53 Å². The molecule has 3 rings (SSSR count). The second-order valence-corrected chi connectivity index (χ2v) is 9.29. The Morgan fingerprint density at radius 2 is 2.13 bits per heavy atom. The van der Waals surface area contributed by atoms with E-state index in [1.165, 1.54) is 20.0 Å². The van der Waals surface area contributed by atoms with Gasteiger partial charge in [0, 0.05) is 31.7 Å². The smallest absolute Gasteiger partial charge is 0.409 e. The molecule has 0 aromatic rings. The third-order valence-corrected chi connectivity index (χ3v) is 8.23. The fraction of sp³-hybridized carbons (Fsp3) is 0.941. The number of nitrogens with zero attached hydrogens (tertiary/aromatic N) is 2. The molecule has 5 nitrogen and oxygen atoms in total. The van der Waals surface area contributed by atoms with Gasteiger partial charge in [0.25, 0.3) is 0 Å². The van der Waals surface area contributed by atoms with Crippen molar-refractivity contribution in [3.05, 3.63) is 0 Å². The van der Waals surface area contributed by atoms with Gasteiger partial charge in [-0.2, -0.15) is 0 Å². The fourth-order valence-electron chi connectivity index (χ4n) is 4.95. The molecule has 2 saturated heterocycles. The Morgan fingerprint density at radius 3 is 2.78 bits per heavy atom. The first-order valence-electron chi connectivity index (χ1n) is 9.04. The topological polar surface area (TPSA) is 58.8 Å². The molecular formula is C17H32N3O2P. The summed E-state index contributed by atoms with van der Waals surface area (Å²) < 4.78 is 7.65. The van der Waals surface area contributed by atoms with E-state index in [9.17, 15) is 4.79 Å². The lowest BCUT2D eigenvalue weighted by molar-refractivity contribution is 0.0306. The van der Waals surface area contributed by atoms with E-state index in [4.69, 9.17) is 10.5 Å². The summed E-state index contributed by atoms with van der Waals surface area (Å²) in [4.78, 5) is 13.8. The van der Waals surface area contributed by atoms with Crippen molar-refractivity contribution in [1.82, 2.24) is 9.57 Å². The third kappa shape index (κ3) is 3.38. The molecule has 0 radical (unpaired) electrons. The molecule has 2 aliphatic heterocycles. The number of methoxy groups -OCH3 is 1. The van der Waals surface area contributed by atoms with Crippen molar-refractivity contribution in [3.8, 4) is 0 Å². The van der Waals surface area contributed by atoms with E-state index in [1.807, 2.05) is 4.90 Å². The van der Waals surface area contributed by atoms with Gasteiger partial charge in [0.05, 0.1) is 7.11 Å². The molecule has 6 unspecified atom stereocenters. The summed E-state index contributed by atoms with van der Waals surface area (Å²) in [6.07, 6.45) is 5.75. The first-order chi connectivity index (χ1) is 10.9. The van der Waals surface area contributed by atoms with Crippen LogP contribution in [0.4, 0.5) is 4.79 Å². The Kier molecular flexibility index (Phi) is 5.20. The lowest BCUT2D eigenvalue weighted by atomic mass is 9.62. The van der Waals surface area contributed by atoms with Gasteiger partial charge < -0.3 is 15.4 Å². The number of nitrogens with two attached hydrogens (primary N) is 1. The van der Waals surface area contributed by atoms with Gasteiger partial charge in [0.1, 0.15) is 0 Å². The van der Waals surface area contributed by atoms with Crippen LogP contribution in [0.15, 0.2) is 0 Å². The van der Waals surface area contributed by atoms with Gasteiger partial charge in [-0.05, 0) is 57.8 Å². The molecule has 6 atom stereocenters. The summed E-state index contributed by atoms with van der Waals surface area (Å²) in [7, 11) is 2.36. The number of likely N-dealkylation sites (tertiary alicyclic amines) is 1. The molecule has 23 heavy (non-hydrogen) atoms. The molecule has 0 aromatic heterocycles. The van der Waals surface area contributed by atoms with Crippen LogP contribution in [-0.4, -0.2) is 60.7 Å². The zero-order chi connectivity index (χ0) is 16.6. The third-order valence-electron chi connectivity index (χ3n) is 6.56. The minimum absolute atomic E-state index is 0.157. The first-order valence-corrected chi connectivity index (χ1v) is 10.2. The van der Waals surface area contributed by atoms with Crippen molar-refractivity contribution in [1.29, 1.82) is 0 Å². The van der Waals surface area contributed by atoms with Crippen LogP contribution in [0.3, 0.4) is 0 Å². The van der Waals surface area contributed by atoms with Gasteiger partial charge in [-0.1, -0.05) is 13.8 Å². The number of carbonyl (C=O) groups is 1. The molecule has 6 heteroatoms. The van der Waals surface area contributed by atoms with Crippen molar-refractivity contribution in [2.45, 2.75) is 51.6 Å². The van der Waals surface area contributed by atoms with Crippen LogP contribution in [0.1, 0.15) is 39.5 Å². The maximum Gasteiger partial charge on any atom is 0.409 e. The maximum absolute atomic E-state index is 11.9. The highest BCUT2D eigenvalue weighted by Gasteiger charge is 2.50. The van der Waals surface area contributed by atoms with E-state index in [0.29, 0.717) is 18.0 Å². The summed E-state index contributed by atoms with van der Waals surface area (Å²) in [6.45, 7) is 7.69. The van der Waals surface area contributed by atoms with Crippen molar-refractivity contribution in [2.75, 3.05) is 32.9 Å². The van der Waals surface area contributed by atoms with Gasteiger partial charge in [0.15, 0.2) is 0 Å². The number of amides is 1. The van der Waals surface area contributed by atoms with Gasteiger partial charge in [-0.15, -0.1) is 0 Å². The van der Waals surface area contributed by atoms with E-state index in [0.717, 1.165) is 53.3 Å². The predicted molar refractivity (Wildman–Crippen MR) is 94.9 cm³/mol. The first kappa shape index (κ1) is 17.4. The van der Waals surface area contributed by atoms with Crippen molar-refractivity contribution >= 4 is 14.8 Å². The highest BCUT2D eigenvalue weighted by molar-refractivity contribution is 7.35. The second-order valence-electron chi connectivity index (χ2n) is 7.99. The van der Waals surface area contributed by atoms with E-state index in [1.54, 1.807) is 0 Å². The van der Waals surface area contributed by atoms with Crippen LogP contribution < -0.4 is 5.73 Å². The van der Waals surface area contributed by atoms with E-state index in [2.05, 4.69) is 18.5 Å². The molecule has 132 valence electrons. The molecule has 1 saturated carbocycles. The van der Waals surface area contributed by atoms with Crippen molar-refractivity contribution in [3.63, 3.8) is 0 Å². The monoisotopic (exact) mass is 341 g/mol. The largest absolute Gasteiger partial charge is 0.453 e. The zero-order valence-electron chi connectivity index (χ0n) is 14.8. The quantitative estimate of drug-likeness (QED) is 0.745. The summed E-state index contributed by atoms with van der Waals surface area (Å²) in [5.74, 6) is 1.42. The molecule has 2 N–H and O–H groups in total. The normalized spacial score (nSPS) is 43.2. The number of rotatable bonds is 1. The van der Waals surface area contributed by atoms with Crippen LogP contribution in [0, 0.1) is 17.3 Å². The van der Waals surface area contributed by atoms with Crippen LogP contribution >= 0.6 is 8.73 Å². The lowest BCUT2D eigenvalue weighted by Gasteiger charge is -2.50. The Morgan fingerprint density at radius 1 is 1.35 bits per heavy atom. The van der Waals surface area contributed by atoms with Crippen LogP contribution in [0.25, 0.3) is 0 Å². The Balaban J connectivity index is 1.71. The summed E-state index contributed by atoms with van der Waals surface area (Å²) in [5, 5.41) is 0. The molecule has 3 aliphatic rings. The molecule has 3 fully saturated rings. The lowest BCUT2D eigenvalue weighted by Crippen LogP contribution is -2.51. The number of carbonyl (C=O) groups excluding carboxylic acids is 1. The molecule has 2 heterocycles. The Bertz CT molecular complexity index is 442. The fourth-order valence-corrected chi connectivity index (χ4v) is 6.49.